The van der Waals surface area contributed by atoms with Gasteiger partial charge in [-0.25, -0.2) is 9.97 Å². The largest absolute Gasteiger partial charge is 0.367 e. The average Bonchev–Trinajstić information content (AvgIpc) is 2.28. The van der Waals surface area contributed by atoms with Gasteiger partial charge in [0, 0.05) is 13.1 Å². The van der Waals surface area contributed by atoms with Crippen LogP contribution in [0.4, 0.5) is 17.3 Å². The van der Waals surface area contributed by atoms with E-state index in [1.807, 2.05) is 13.8 Å². The van der Waals surface area contributed by atoms with E-state index in [2.05, 4.69) is 20.6 Å². The Balaban J connectivity index is 3.12. The van der Waals surface area contributed by atoms with Crippen LogP contribution in [0.2, 0.25) is 0 Å². The smallest absolute Gasteiger partial charge is 0.353 e. The second-order valence-corrected chi connectivity index (χ2v) is 3.38. The second-order valence-electron chi connectivity index (χ2n) is 3.38. The maximum atomic E-state index is 10.9. The van der Waals surface area contributed by atoms with E-state index in [4.69, 9.17) is 0 Å². The molecule has 1 aromatic rings. The maximum absolute atomic E-state index is 10.9. The molecule has 0 saturated heterocycles. The van der Waals surface area contributed by atoms with Crippen LogP contribution in [0, 0.1) is 10.1 Å². The minimum absolute atomic E-state index is 0.120. The van der Waals surface area contributed by atoms with Crippen molar-refractivity contribution in [2.75, 3.05) is 17.7 Å². The molecule has 88 valence electrons. The first-order valence-corrected chi connectivity index (χ1v) is 5.03. The number of nitrogens with zero attached hydrogens (tertiary/aromatic N) is 3. The summed E-state index contributed by atoms with van der Waals surface area (Å²) in [6.45, 7) is 3.93. The minimum atomic E-state index is -0.490. The Kier molecular flexibility index (Phi) is 3.98. The SMILES string of the molecule is CCC(C)Nc1ncnc(NC)c1[N+](=O)[O-]. The Morgan fingerprint density at radius 3 is 2.62 bits per heavy atom. The molecule has 2 N–H and O–H groups in total. The van der Waals surface area contributed by atoms with Gasteiger partial charge in [-0.3, -0.25) is 10.1 Å². The number of hydrogen-bond donors (Lipinski definition) is 2. The molecule has 1 rings (SSSR count). The van der Waals surface area contributed by atoms with Crippen LogP contribution in [0.3, 0.4) is 0 Å². The summed E-state index contributed by atoms with van der Waals surface area (Å²) in [5.74, 6) is 0.463. The third-order valence-corrected chi connectivity index (χ3v) is 2.24. The molecule has 0 bridgehead atoms. The highest BCUT2D eigenvalue weighted by Gasteiger charge is 2.22. The highest BCUT2D eigenvalue weighted by atomic mass is 16.6. The molecule has 0 saturated carbocycles. The number of aromatic nitrogens is 2. The molecule has 0 fully saturated rings. The van der Waals surface area contributed by atoms with Crippen LogP contribution in [0.1, 0.15) is 20.3 Å². The number of nitrogens with one attached hydrogen (secondary N) is 2. The van der Waals surface area contributed by atoms with E-state index in [9.17, 15) is 10.1 Å². The van der Waals surface area contributed by atoms with Crippen LogP contribution in [0.5, 0.6) is 0 Å². The van der Waals surface area contributed by atoms with Crippen LogP contribution in [-0.2, 0) is 0 Å². The summed E-state index contributed by atoms with van der Waals surface area (Å²) in [5, 5.41) is 16.6. The van der Waals surface area contributed by atoms with Gasteiger partial charge < -0.3 is 10.6 Å². The van der Waals surface area contributed by atoms with Gasteiger partial charge in [0.15, 0.2) is 0 Å². The molecule has 0 aliphatic rings. The van der Waals surface area contributed by atoms with E-state index in [0.717, 1.165) is 6.42 Å². The molecule has 7 heteroatoms. The Labute approximate surface area is 93.4 Å². The molecule has 0 spiro atoms. The van der Waals surface area contributed by atoms with Crippen molar-refractivity contribution in [3.05, 3.63) is 16.4 Å². The van der Waals surface area contributed by atoms with Gasteiger partial charge >= 0.3 is 5.69 Å². The standard InChI is InChI=1S/C9H15N5O2/c1-4-6(2)13-9-7(14(15)16)8(10-3)11-5-12-9/h5-6H,4H2,1-3H3,(H2,10,11,12,13). The van der Waals surface area contributed by atoms with E-state index in [1.54, 1.807) is 7.05 Å². The van der Waals surface area contributed by atoms with Crippen LogP contribution in [0.25, 0.3) is 0 Å². The van der Waals surface area contributed by atoms with E-state index in [1.165, 1.54) is 6.33 Å². The first kappa shape index (κ1) is 12.2. The van der Waals surface area contributed by atoms with Crippen LogP contribution in [0.15, 0.2) is 6.33 Å². The monoisotopic (exact) mass is 225 g/mol. The van der Waals surface area contributed by atoms with Crippen molar-refractivity contribution in [3.63, 3.8) is 0 Å². The van der Waals surface area contributed by atoms with Gasteiger partial charge in [0.25, 0.3) is 0 Å². The molecule has 1 heterocycles. The summed E-state index contributed by atoms with van der Waals surface area (Å²) in [6.07, 6.45) is 2.15. The van der Waals surface area contributed by atoms with Crippen molar-refractivity contribution < 1.29 is 4.92 Å². The highest BCUT2D eigenvalue weighted by molar-refractivity contribution is 5.69. The summed E-state index contributed by atoms with van der Waals surface area (Å²) in [6, 6.07) is 0.123. The third-order valence-electron chi connectivity index (χ3n) is 2.24. The van der Waals surface area contributed by atoms with Gasteiger partial charge in [-0.15, -0.1) is 0 Å². The lowest BCUT2D eigenvalue weighted by molar-refractivity contribution is -0.383. The number of anilines is 2. The number of hydrogen-bond acceptors (Lipinski definition) is 6. The first-order valence-electron chi connectivity index (χ1n) is 5.03. The van der Waals surface area contributed by atoms with Gasteiger partial charge in [0.2, 0.25) is 11.6 Å². The van der Waals surface area contributed by atoms with Gasteiger partial charge in [-0.1, -0.05) is 6.92 Å². The number of rotatable bonds is 5. The fourth-order valence-electron chi connectivity index (χ4n) is 1.18. The molecule has 1 aromatic heterocycles. The van der Waals surface area contributed by atoms with Crippen molar-refractivity contribution >= 4 is 17.3 Å². The summed E-state index contributed by atoms with van der Waals surface area (Å²) >= 11 is 0. The lowest BCUT2D eigenvalue weighted by atomic mass is 10.2. The molecule has 7 nitrogen and oxygen atoms in total. The lowest BCUT2D eigenvalue weighted by Gasteiger charge is -2.12. The van der Waals surface area contributed by atoms with E-state index < -0.39 is 4.92 Å². The normalized spacial score (nSPS) is 11.9. The van der Waals surface area contributed by atoms with Gasteiger partial charge in [-0.05, 0) is 13.3 Å². The van der Waals surface area contributed by atoms with Gasteiger partial charge in [-0.2, -0.15) is 0 Å². The Hall–Kier alpha value is -1.92. The fourth-order valence-corrected chi connectivity index (χ4v) is 1.18. The van der Waals surface area contributed by atoms with Gasteiger partial charge in [0.05, 0.1) is 4.92 Å². The Morgan fingerprint density at radius 2 is 2.12 bits per heavy atom. The first-order chi connectivity index (χ1) is 7.60. The predicted octanol–water partition coefficient (Wildman–Crippen LogP) is 1.64. The van der Waals surface area contributed by atoms with Crippen LogP contribution >= 0.6 is 0 Å². The zero-order valence-corrected chi connectivity index (χ0v) is 9.52. The van der Waals surface area contributed by atoms with E-state index >= 15 is 0 Å². The van der Waals surface area contributed by atoms with E-state index in [0.29, 0.717) is 0 Å². The summed E-state index contributed by atoms with van der Waals surface area (Å²) in [4.78, 5) is 18.1. The summed E-state index contributed by atoms with van der Waals surface area (Å²) in [5.41, 5.74) is -0.120. The summed E-state index contributed by atoms with van der Waals surface area (Å²) in [7, 11) is 1.59. The predicted molar refractivity (Wildman–Crippen MR) is 61.6 cm³/mol. The molecule has 0 aliphatic heterocycles. The van der Waals surface area contributed by atoms with Crippen molar-refractivity contribution in [1.82, 2.24) is 9.97 Å². The average molecular weight is 225 g/mol. The van der Waals surface area contributed by atoms with E-state index in [-0.39, 0.29) is 23.4 Å². The van der Waals surface area contributed by atoms with Crippen molar-refractivity contribution in [1.29, 1.82) is 0 Å². The highest BCUT2D eigenvalue weighted by Crippen LogP contribution is 2.28. The zero-order chi connectivity index (χ0) is 12.1. The van der Waals surface area contributed by atoms with Crippen LogP contribution < -0.4 is 10.6 Å². The third kappa shape index (κ3) is 2.56. The Bertz CT molecular complexity index is 382. The molecule has 16 heavy (non-hydrogen) atoms. The molecule has 0 aliphatic carbocycles. The molecule has 0 radical (unpaired) electrons. The van der Waals surface area contributed by atoms with Crippen molar-refractivity contribution in [2.24, 2.45) is 0 Å². The minimum Gasteiger partial charge on any atom is -0.367 e. The quantitative estimate of drug-likeness (QED) is 0.584. The van der Waals surface area contributed by atoms with Gasteiger partial charge in [0.1, 0.15) is 6.33 Å². The molecule has 0 amide bonds. The molecule has 1 atom stereocenters. The van der Waals surface area contributed by atoms with Crippen LogP contribution in [-0.4, -0.2) is 28.0 Å². The molecular weight excluding hydrogens is 210 g/mol. The van der Waals surface area contributed by atoms with Crippen molar-refractivity contribution in [3.8, 4) is 0 Å². The second kappa shape index (κ2) is 5.24. The fraction of sp³-hybridized carbons (Fsp3) is 0.556. The Morgan fingerprint density at radius 1 is 1.50 bits per heavy atom. The zero-order valence-electron chi connectivity index (χ0n) is 9.52. The molecule has 1 unspecified atom stereocenters. The summed E-state index contributed by atoms with van der Waals surface area (Å²) < 4.78 is 0. The molecular formula is C9H15N5O2. The maximum Gasteiger partial charge on any atom is 0.353 e. The topological polar surface area (TPSA) is 93.0 Å². The lowest BCUT2D eigenvalue weighted by Crippen LogP contribution is -2.16. The molecule has 0 aromatic carbocycles. The number of nitro groups is 1. The van der Waals surface area contributed by atoms with Crippen molar-refractivity contribution in [2.45, 2.75) is 26.3 Å².